The number of ketones is 2. The molecule has 182 valence electrons. The van der Waals surface area contributed by atoms with Gasteiger partial charge in [0.25, 0.3) is 0 Å². The van der Waals surface area contributed by atoms with Gasteiger partial charge in [-0.25, -0.2) is 0 Å². The molecule has 0 fully saturated rings. The molecule has 2 aliphatic rings. The zero-order valence-electron chi connectivity index (χ0n) is 19.1. The molecule has 10 heteroatoms. The van der Waals surface area contributed by atoms with Crippen molar-refractivity contribution >= 4 is 23.2 Å². The van der Waals surface area contributed by atoms with Gasteiger partial charge in [-0.3, -0.25) is 9.59 Å². The van der Waals surface area contributed by atoms with Gasteiger partial charge in [0.15, 0.2) is 5.75 Å². The van der Waals surface area contributed by atoms with E-state index in [-0.39, 0.29) is 47.6 Å². The van der Waals surface area contributed by atoms with Crippen molar-refractivity contribution in [2.75, 3.05) is 27.4 Å². The van der Waals surface area contributed by atoms with Gasteiger partial charge in [-0.05, 0) is 18.6 Å². The lowest BCUT2D eigenvalue weighted by Gasteiger charge is -2.35. The van der Waals surface area contributed by atoms with Crippen LogP contribution in [0.15, 0.2) is 40.7 Å². The fourth-order valence-electron chi connectivity index (χ4n) is 4.25. The lowest BCUT2D eigenvalue weighted by Crippen LogP contribution is -2.55. The Bertz CT molecular complexity index is 1110. The first-order chi connectivity index (χ1) is 16.3. The first kappa shape index (κ1) is 24.1. The fourth-order valence-corrected chi connectivity index (χ4v) is 4.52. The molecule has 1 aliphatic carbocycles. The van der Waals surface area contributed by atoms with Crippen LogP contribution >= 0.6 is 11.6 Å². The molecular formula is C24H26ClNO8. The highest BCUT2D eigenvalue weighted by Gasteiger charge is 2.60. The minimum Gasteiger partial charge on any atom is -0.496 e. The summed E-state index contributed by atoms with van der Waals surface area (Å²) in [5.74, 6) is -0.262. The lowest BCUT2D eigenvalue weighted by atomic mass is 9.74. The summed E-state index contributed by atoms with van der Waals surface area (Å²) >= 11 is 6.39. The van der Waals surface area contributed by atoms with E-state index in [1.807, 2.05) is 0 Å². The van der Waals surface area contributed by atoms with Crippen LogP contribution in [0.3, 0.4) is 0 Å². The molecule has 2 heterocycles. The number of hydrogen-bond donors (Lipinski definition) is 2. The highest BCUT2D eigenvalue weighted by Crippen LogP contribution is 2.52. The molecule has 0 amide bonds. The Morgan fingerprint density at radius 1 is 1.29 bits per heavy atom. The number of carbonyl (C=O) groups is 2. The molecule has 1 aliphatic heterocycles. The number of carbonyl (C=O) groups excluding carboxylic acids is 2. The molecule has 2 N–H and O–H groups in total. The first-order valence-corrected chi connectivity index (χ1v) is 11.1. The Hall–Kier alpha value is -3.01. The predicted octanol–water partition coefficient (Wildman–Crippen LogP) is 2.92. The lowest BCUT2D eigenvalue weighted by molar-refractivity contribution is -0.129. The summed E-state index contributed by atoms with van der Waals surface area (Å²) in [6.07, 6.45) is 2.44. The fraction of sp³-hybridized carbons (Fsp3) is 0.417. The molecule has 4 rings (SSSR count). The molecule has 1 spiro atoms. The minimum absolute atomic E-state index is 0.0806. The van der Waals surface area contributed by atoms with Crippen molar-refractivity contribution in [3.05, 3.63) is 52.6 Å². The number of fused-ring (bicyclic) bond motifs is 1. The summed E-state index contributed by atoms with van der Waals surface area (Å²) in [6, 6.07) is 5.04. The van der Waals surface area contributed by atoms with E-state index in [0.29, 0.717) is 17.9 Å². The smallest absolute Gasteiger partial charge is 0.236 e. The van der Waals surface area contributed by atoms with Crippen LogP contribution in [0.1, 0.15) is 29.5 Å². The van der Waals surface area contributed by atoms with Crippen LogP contribution in [0.25, 0.3) is 0 Å². The summed E-state index contributed by atoms with van der Waals surface area (Å²) in [5, 5.41) is 13.4. The molecule has 0 bridgehead atoms. The van der Waals surface area contributed by atoms with E-state index in [1.54, 1.807) is 25.3 Å². The normalized spacial score (nSPS) is 22.3. The van der Waals surface area contributed by atoms with Crippen LogP contribution in [0, 0.1) is 5.92 Å². The Balaban J connectivity index is 1.45. The second kappa shape index (κ2) is 9.69. The third-order valence-electron chi connectivity index (χ3n) is 6.01. The van der Waals surface area contributed by atoms with E-state index in [2.05, 4.69) is 5.32 Å². The molecule has 0 saturated carbocycles. The van der Waals surface area contributed by atoms with Crippen molar-refractivity contribution in [2.24, 2.45) is 5.92 Å². The average Bonchev–Trinajstić information content (AvgIpc) is 3.44. The highest BCUT2D eigenvalue weighted by atomic mass is 35.5. The second-order valence-corrected chi connectivity index (χ2v) is 8.61. The third-order valence-corrected chi connectivity index (χ3v) is 6.37. The van der Waals surface area contributed by atoms with Crippen molar-refractivity contribution in [3.8, 4) is 17.2 Å². The van der Waals surface area contributed by atoms with Gasteiger partial charge < -0.3 is 33.8 Å². The molecule has 0 saturated heterocycles. The maximum absolute atomic E-state index is 13.5. The number of aliphatic hydroxyl groups excluding tert-OH is 1. The van der Waals surface area contributed by atoms with E-state index in [1.165, 1.54) is 26.4 Å². The zero-order chi connectivity index (χ0) is 24.5. The van der Waals surface area contributed by atoms with E-state index in [4.69, 9.17) is 35.0 Å². The number of allylic oxidation sites excluding steroid dienone is 1. The van der Waals surface area contributed by atoms with Gasteiger partial charge in [-0.1, -0.05) is 18.5 Å². The maximum Gasteiger partial charge on any atom is 0.236 e. The van der Waals surface area contributed by atoms with Gasteiger partial charge in [-0.15, -0.1) is 0 Å². The molecule has 9 nitrogen and oxygen atoms in total. The van der Waals surface area contributed by atoms with Crippen LogP contribution in [0.4, 0.5) is 0 Å². The number of ether oxygens (including phenoxy) is 4. The van der Waals surface area contributed by atoms with Crippen LogP contribution < -0.4 is 19.5 Å². The van der Waals surface area contributed by atoms with Crippen molar-refractivity contribution in [1.82, 2.24) is 5.32 Å². The highest BCUT2D eigenvalue weighted by molar-refractivity contribution is 6.36. The first-order valence-electron chi connectivity index (χ1n) is 10.8. The predicted molar refractivity (Wildman–Crippen MR) is 121 cm³/mol. The summed E-state index contributed by atoms with van der Waals surface area (Å²) < 4.78 is 27.2. The number of rotatable bonds is 9. The van der Waals surface area contributed by atoms with Gasteiger partial charge in [0, 0.05) is 30.3 Å². The van der Waals surface area contributed by atoms with Crippen molar-refractivity contribution in [2.45, 2.75) is 31.7 Å². The number of aliphatic hydroxyl groups is 1. The van der Waals surface area contributed by atoms with Crippen molar-refractivity contribution < 1.29 is 38.1 Å². The van der Waals surface area contributed by atoms with Gasteiger partial charge in [-0.2, -0.15) is 0 Å². The molecule has 34 heavy (non-hydrogen) atoms. The Labute approximate surface area is 201 Å². The summed E-state index contributed by atoms with van der Waals surface area (Å²) in [5.41, 5.74) is -1.01. The topological polar surface area (TPSA) is 116 Å². The third kappa shape index (κ3) is 4.15. The van der Waals surface area contributed by atoms with Gasteiger partial charge in [0.2, 0.25) is 17.2 Å². The summed E-state index contributed by atoms with van der Waals surface area (Å²) in [7, 11) is 2.85. The average molecular weight is 492 g/mol. The zero-order valence-corrected chi connectivity index (χ0v) is 19.8. The number of methoxy groups -OCH3 is 2. The quantitative estimate of drug-likeness (QED) is 0.510. The molecule has 3 atom stereocenters. The summed E-state index contributed by atoms with van der Waals surface area (Å²) in [6.45, 7) is 2.27. The Kier molecular flexibility index (Phi) is 6.88. The molecular weight excluding hydrogens is 466 g/mol. The second-order valence-electron chi connectivity index (χ2n) is 8.23. The Morgan fingerprint density at radius 2 is 2.06 bits per heavy atom. The molecule has 2 aromatic rings. The van der Waals surface area contributed by atoms with Crippen LogP contribution in [-0.4, -0.2) is 55.7 Å². The SMILES string of the molecule is COc1cc(OC)c2c(c1Cl)O[C@@]1(C(=O)C=C(NC[C@H](O)COCc3ccco3)C[C@H]1C)C2=O. The van der Waals surface area contributed by atoms with Crippen LogP contribution in [0.5, 0.6) is 17.2 Å². The number of benzene rings is 1. The monoisotopic (exact) mass is 491 g/mol. The van der Waals surface area contributed by atoms with E-state index >= 15 is 0 Å². The Morgan fingerprint density at radius 3 is 2.71 bits per heavy atom. The standard InChI is InChI=1S/C24H26ClNO8/c1-13-7-14(26-10-15(27)11-32-12-16-5-4-6-33-16)8-19(28)24(13)23(29)20-17(30-2)9-18(31-3)21(25)22(20)34-24/h4-6,8-9,13,15,26-27H,7,10-12H2,1-3H3/t13-,15+,24+/m1/s1. The number of hydrogen-bond acceptors (Lipinski definition) is 9. The van der Waals surface area contributed by atoms with Crippen LogP contribution in [-0.2, 0) is 16.1 Å². The van der Waals surface area contributed by atoms with Gasteiger partial charge in [0.05, 0.1) is 33.2 Å². The van der Waals surface area contributed by atoms with Crippen molar-refractivity contribution in [3.63, 3.8) is 0 Å². The molecule has 0 radical (unpaired) electrons. The maximum atomic E-state index is 13.5. The molecule has 1 aromatic carbocycles. The van der Waals surface area contributed by atoms with E-state index < -0.39 is 29.2 Å². The van der Waals surface area contributed by atoms with Crippen LogP contribution in [0.2, 0.25) is 5.02 Å². The molecule has 1 aromatic heterocycles. The minimum atomic E-state index is -1.73. The van der Waals surface area contributed by atoms with E-state index in [9.17, 15) is 14.7 Å². The van der Waals surface area contributed by atoms with Gasteiger partial charge >= 0.3 is 0 Å². The number of furan rings is 1. The van der Waals surface area contributed by atoms with Gasteiger partial charge in [0.1, 0.15) is 34.5 Å². The molecule has 0 unspecified atom stereocenters. The number of nitrogens with one attached hydrogen (secondary N) is 1. The number of Topliss-reactive ketones (excluding diaryl/α,β-unsaturated/α-hetero) is 1. The number of halogens is 1. The van der Waals surface area contributed by atoms with E-state index in [0.717, 1.165) is 0 Å². The summed E-state index contributed by atoms with van der Waals surface area (Å²) in [4.78, 5) is 26.7. The largest absolute Gasteiger partial charge is 0.496 e. The van der Waals surface area contributed by atoms with Crippen molar-refractivity contribution in [1.29, 1.82) is 0 Å².